The second-order valence-corrected chi connectivity index (χ2v) is 2.38. The van der Waals surface area contributed by atoms with Gasteiger partial charge in [0, 0.05) is 6.54 Å². The summed E-state index contributed by atoms with van der Waals surface area (Å²) in [5.74, 6) is 2.48. The molecule has 0 unspecified atom stereocenters. The fourth-order valence-corrected chi connectivity index (χ4v) is 0.948. The Morgan fingerprint density at radius 2 is 2.00 bits per heavy atom. The molecule has 1 heteroatoms. The summed E-state index contributed by atoms with van der Waals surface area (Å²) in [5.41, 5.74) is 0. The van der Waals surface area contributed by atoms with E-state index >= 15 is 0 Å². The van der Waals surface area contributed by atoms with Crippen molar-refractivity contribution in [3.63, 3.8) is 0 Å². The summed E-state index contributed by atoms with van der Waals surface area (Å²) in [5, 5.41) is 0. The molecule has 0 aliphatic rings. The van der Waals surface area contributed by atoms with Crippen molar-refractivity contribution in [1.29, 1.82) is 0 Å². The minimum Gasteiger partial charge on any atom is -0.304 e. The van der Waals surface area contributed by atoms with Crippen LogP contribution in [-0.4, -0.2) is 24.5 Å². The molecule has 0 radical (unpaired) electrons. The van der Waals surface area contributed by atoms with Gasteiger partial charge in [-0.1, -0.05) is 25.8 Å². The van der Waals surface area contributed by atoms with Crippen molar-refractivity contribution in [2.24, 2.45) is 0 Å². The highest BCUT2D eigenvalue weighted by Crippen LogP contribution is 1.90. The second kappa shape index (κ2) is 7.37. The average molecular weight is 151 g/mol. The lowest BCUT2D eigenvalue weighted by atomic mass is 10.3. The molecule has 0 fully saturated rings. The Kier molecular flexibility index (Phi) is 6.87. The van der Waals surface area contributed by atoms with Crippen LogP contribution in [0.25, 0.3) is 0 Å². The van der Waals surface area contributed by atoms with E-state index in [4.69, 9.17) is 6.42 Å². The Bertz CT molecular complexity index is 137. The van der Waals surface area contributed by atoms with E-state index in [1.54, 1.807) is 6.08 Å². The molecule has 0 amide bonds. The van der Waals surface area contributed by atoms with E-state index in [0.29, 0.717) is 0 Å². The molecule has 1 nitrogen and oxygen atoms in total. The van der Waals surface area contributed by atoms with Crippen LogP contribution in [0.5, 0.6) is 0 Å². The van der Waals surface area contributed by atoms with Crippen molar-refractivity contribution >= 4 is 0 Å². The molecule has 0 aromatic heterocycles. The van der Waals surface area contributed by atoms with Crippen molar-refractivity contribution in [3.8, 4) is 12.3 Å². The van der Waals surface area contributed by atoms with Crippen LogP contribution in [0.15, 0.2) is 12.2 Å². The van der Waals surface area contributed by atoms with Crippen molar-refractivity contribution in [2.45, 2.75) is 20.3 Å². The summed E-state index contributed by atoms with van der Waals surface area (Å²) in [6.07, 6.45) is 9.93. The Hall–Kier alpha value is -0.740. The zero-order valence-corrected chi connectivity index (χ0v) is 7.51. The van der Waals surface area contributed by atoms with Gasteiger partial charge in [-0.25, -0.2) is 0 Å². The first-order valence-corrected chi connectivity index (χ1v) is 4.18. The van der Waals surface area contributed by atoms with Gasteiger partial charge in [0.1, 0.15) is 0 Å². The largest absolute Gasteiger partial charge is 0.304 e. The molecule has 0 bridgehead atoms. The van der Waals surface area contributed by atoms with E-state index in [2.05, 4.69) is 24.7 Å². The van der Waals surface area contributed by atoms with E-state index in [1.165, 1.54) is 0 Å². The fourth-order valence-electron chi connectivity index (χ4n) is 0.948. The van der Waals surface area contributed by atoms with Crippen LogP contribution in [0.1, 0.15) is 20.3 Å². The van der Waals surface area contributed by atoms with Gasteiger partial charge in [-0.05, 0) is 25.6 Å². The monoisotopic (exact) mass is 151 g/mol. The van der Waals surface area contributed by atoms with Gasteiger partial charge in [0.2, 0.25) is 0 Å². The number of hydrogen-bond acceptors (Lipinski definition) is 1. The van der Waals surface area contributed by atoms with Crippen LogP contribution in [0.3, 0.4) is 0 Å². The molecular weight excluding hydrogens is 134 g/mol. The minimum atomic E-state index is 1.06. The van der Waals surface area contributed by atoms with Gasteiger partial charge in [0.25, 0.3) is 0 Å². The molecule has 62 valence electrons. The minimum absolute atomic E-state index is 1.06. The molecule has 0 aliphatic carbocycles. The molecule has 0 spiro atoms. The van der Waals surface area contributed by atoms with E-state index in [-0.39, 0.29) is 0 Å². The third kappa shape index (κ3) is 5.69. The van der Waals surface area contributed by atoms with Gasteiger partial charge in [0.05, 0.1) is 0 Å². The smallest absolute Gasteiger partial charge is 0.00160 e. The second-order valence-electron chi connectivity index (χ2n) is 2.38. The Labute approximate surface area is 70.1 Å². The highest BCUT2D eigenvalue weighted by Gasteiger charge is 1.94. The first-order valence-electron chi connectivity index (χ1n) is 4.18. The average Bonchev–Trinajstić information content (AvgIpc) is 2.05. The molecule has 0 heterocycles. The molecule has 0 N–H and O–H groups in total. The van der Waals surface area contributed by atoms with E-state index < -0.39 is 0 Å². The van der Waals surface area contributed by atoms with Gasteiger partial charge in [-0.3, -0.25) is 0 Å². The van der Waals surface area contributed by atoms with Gasteiger partial charge < -0.3 is 4.90 Å². The summed E-state index contributed by atoms with van der Waals surface area (Å²) in [7, 11) is 0. The number of allylic oxidation sites excluding steroid dienone is 1. The fraction of sp³-hybridized carbons (Fsp3) is 0.600. The Morgan fingerprint density at radius 1 is 1.36 bits per heavy atom. The normalized spacial score (nSPS) is 10.7. The quantitative estimate of drug-likeness (QED) is 0.542. The van der Waals surface area contributed by atoms with Crippen LogP contribution >= 0.6 is 0 Å². The van der Waals surface area contributed by atoms with E-state index in [0.717, 1.165) is 26.1 Å². The van der Waals surface area contributed by atoms with Gasteiger partial charge in [-0.2, -0.15) is 0 Å². The van der Waals surface area contributed by atoms with Crippen LogP contribution in [0.4, 0.5) is 0 Å². The zero-order chi connectivity index (χ0) is 8.53. The van der Waals surface area contributed by atoms with Crippen molar-refractivity contribution in [1.82, 2.24) is 4.90 Å². The number of nitrogens with zero attached hydrogens (tertiary/aromatic N) is 1. The number of rotatable bonds is 5. The molecular formula is C10H17N. The zero-order valence-electron chi connectivity index (χ0n) is 7.51. The third-order valence-electron chi connectivity index (χ3n) is 1.72. The molecule has 0 saturated carbocycles. The molecule has 0 aromatic carbocycles. The SMILES string of the molecule is C#CC=CCCN(CC)CC. The Morgan fingerprint density at radius 3 is 2.45 bits per heavy atom. The summed E-state index contributed by atoms with van der Waals surface area (Å²) < 4.78 is 0. The molecule has 0 aromatic rings. The van der Waals surface area contributed by atoms with Crippen molar-refractivity contribution in [3.05, 3.63) is 12.2 Å². The van der Waals surface area contributed by atoms with Crippen LogP contribution in [0.2, 0.25) is 0 Å². The topological polar surface area (TPSA) is 3.24 Å². The van der Waals surface area contributed by atoms with Gasteiger partial charge in [0.15, 0.2) is 0 Å². The van der Waals surface area contributed by atoms with Gasteiger partial charge in [-0.15, -0.1) is 6.42 Å². The van der Waals surface area contributed by atoms with E-state index in [1.807, 2.05) is 6.08 Å². The molecule has 0 rings (SSSR count). The highest BCUT2D eigenvalue weighted by molar-refractivity contribution is 5.08. The standard InChI is InChI=1S/C10H17N/c1-4-7-8-9-10-11(5-2)6-3/h1,7-8H,5-6,9-10H2,2-3H3. The third-order valence-corrected chi connectivity index (χ3v) is 1.72. The predicted molar refractivity (Wildman–Crippen MR) is 50.4 cm³/mol. The summed E-state index contributed by atoms with van der Waals surface area (Å²) in [6, 6.07) is 0. The summed E-state index contributed by atoms with van der Waals surface area (Å²) >= 11 is 0. The highest BCUT2D eigenvalue weighted by atomic mass is 15.1. The molecule has 0 aliphatic heterocycles. The lowest BCUT2D eigenvalue weighted by Gasteiger charge is -2.15. The van der Waals surface area contributed by atoms with Crippen LogP contribution < -0.4 is 0 Å². The maximum Gasteiger partial charge on any atom is 0.00160 e. The van der Waals surface area contributed by atoms with Crippen LogP contribution in [0, 0.1) is 12.3 Å². The predicted octanol–water partition coefficient (Wildman–Crippen LogP) is 1.91. The van der Waals surface area contributed by atoms with Gasteiger partial charge >= 0.3 is 0 Å². The first-order chi connectivity index (χ1) is 5.35. The molecule has 0 saturated heterocycles. The van der Waals surface area contributed by atoms with Crippen molar-refractivity contribution < 1.29 is 0 Å². The maximum absolute atomic E-state index is 5.06. The summed E-state index contributed by atoms with van der Waals surface area (Å²) in [6.45, 7) is 7.72. The lowest BCUT2D eigenvalue weighted by Crippen LogP contribution is -2.23. The molecule has 0 atom stereocenters. The summed E-state index contributed by atoms with van der Waals surface area (Å²) in [4.78, 5) is 2.38. The van der Waals surface area contributed by atoms with E-state index in [9.17, 15) is 0 Å². The Balaban J connectivity index is 3.37. The number of terminal acetylenes is 1. The van der Waals surface area contributed by atoms with Crippen LogP contribution in [-0.2, 0) is 0 Å². The lowest BCUT2D eigenvalue weighted by molar-refractivity contribution is 0.310. The number of hydrogen-bond donors (Lipinski definition) is 0. The first kappa shape index (κ1) is 10.3. The maximum atomic E-state index is 5.06. The van der Waals surface area contributed by atoms with Crippen molar-refractivity contribution in [2.75, 3.05) is 19.6 Å². The molecule has 11 heavy (non-hydrogen) atoms.